The predicted molar refractivity (Wildman–Crippen MR) is 251 cm³/mol. The van der Waals surface area contributed by atoms with Gasteiger partial charge in [-0.15, -0.1) is 0 Å². The number of unbranched alkanes of at least 4 members (excludes halogenated alkanes) is 22. The summed E-state index contributed by atoms with van der Waals surface area (Å²) in [6.45, 7) is 20.4. The summed E-state index contributed by atoms with van der Waals surface area (Å²) >= 11 is 2.93. The Hall–Kier alpha value is -0.0300. The third kappa shape index (κ3) is 36.1. The van der Waals surface area contributed by atoms with Crippen LogP contribution in [0.5, 0.6) is 0 Å². The van der Waals surface area contributed by atoms with Crippen LogP contribution in [-0.2, 0) is 4.74 Å². The van der Waals surface area contributed by atoms with Gasteiger partial charge in [0.1, 0.15) is 0 Å². The molecule has 0 N–H and O–H groups in total. The number of ether oxygens (including phenoxy) is 1. The van der Waals surface area contributed by atoms with Crippen LogP contribution < -0.4 is 0 Å². The summed E-state index contributed by atoms with van der Waals surface area (Å²) in [6.07, 6.45) is 47.7. The average molecular weight is 856 g/mol. The fraction of sp³-hybridized carbons (Fsp3) is 0.920. The van der Waals surface area contributed by atoms with Gasteiger partial charge in [0.2, 0.25) is 0 Å². The molecule has 0 saturated carbocycles. The maximum absolute atomic E-state index is 5.91. The van der Waals surface area contributed by atoms with Crippen LogP contribution in [0.2, 0.25) is 0 Å². The summed E-state index contributed by atoms with van der Waals surface area (Å²) in [7, 11) is 4.40. The highest BCUT2D eigenvalue weighted by molar-refractivity contribution is 14.1. The van der Waals surface area contributed by atoms with Gasteiger partial charge in [-0.05, 0) is 96.7 Å². The molecule has 2 atom stereocenters. The molecule has 0 aliphatic heterocycles. The van der Waals surface area contributed by atoms with Gasteiger partial charge in [0.15, 0.2) is 0 Å². The van der Waals surface area contributed by atoms with Crippen LogP contribution in [0.15, 0.2) is 24.5 Å². The van der Waals surface area contributed by atoms with Crippen LogP contribution in [0, 0.1) is 11.8 Å². The largest absolute Gasteiger partial charge is 0.499 e. The smallest absolute Gasteiger partial charge is 0.0888 e. The van der Waals surface area contributed by atoms with Crippen LogP contribution >= 0.6 is 22.6 Å². The molecule has 3 heteroatoms. The van der Waals surface area contributed by atoms with Gasteiger partial charge in [-0.3, -0.25) is 0 Å². The molecule has 0 radical (unpaired) electrons. The third-order valence-corrected chi connectivity index (χ3v) is 13.5. The monoisotopic (exact) mass is 856 g/mol. The molecule has 0 heterocycles. The van der Waals surface area contributed by atoms with E-state index in [9.17, 15) is 0 Å². The maximum Gasteiger partial charge on any atom is 0.0888 e. The topological polar surface area (TPSA) is 12.5 Å². The van der Waals surface area contributed by atoms with E-state index in [1.807, 2.05) is 0 Å². The second kappa shape index (κ2) is 38.8. The Morgan fingerprint density at radius 1 is 0.547 bits per heavy atom. The minimum Gasteiger partial charge on any atom is -0.499 e. The van der Waals surface area contributed by atoms with Crippen molar-refractivity contribution in [2.24, 2.45) is 11.8 Å². The van der Waals surface area contributed by atoms with Crippen LogP contribution in [0.1, 0.15) is 252 Å². The molecular formula is C50H98INO. The number of rotatable bonds is 43. The van der Waals surface area contributed by atoms with Crippen molar-refractivity contribution in [2.75, 3.05) is 27.2 Å². The SMILES string of the molecule is C=C(CCCCN(C)C)CC(CCCCCCCCCCOC(=C)CCCCCCC)CCC(C)(I)C(CCCCCCCC)CCCCCCCC. The minimum absolute atomic E-state index is 0.419. The lowest BCUT2D eigenvalue weighted by atomic mass is 9.79. The van der Waals surface area contributed by atoms with E-state index in [4.69, 9.17) is 4.74 Å². The lowest BCUT2D eigenvalue weighted by molar-refractivity contribution is 0.195. The molecule has 316 valence electrons. The van der Waals surface area contributed by atoms with E-state index in [1.54, 1.807) is 0 Å². The third-order valence-electron chi connectivity index (χ3n) is 12.0. The summed E-state index contributed by atoms with van der Waals surface area (Å²) in [6, 6.07) is 0. The molecule has 2 unspecified atom stereocenters. The molecule has 0 saturated heterocycles. The molecule has 0 aromatic heterocycles. The molecule has 0 bridgehead atoms. The number of hydrogen-bond acceptors (Lipinski definition) is 2. The van der Waals surface area contributed by atoms with Crippen molar-refractivity contribution < 1.29 is 4.74 Å². The van der Waals surface area contributed by atoms with Gasteiger partial charge in [-0.1, -0.05) is 223 Å². The molecule has 0 amide bonds. The fourth-order valence-corrected chi connectivity index (χ4v) is 9.19. The van der Waals surface area contributed by atoms with Crippen molar-refractivity contribution in [2.45, 2.75) is 256 Å². The van der Waals surface area contributed by atoms with E-state index in [0.29, 0.717) is 3.42 Å². The van der Waals surface area contributed by atoms with Crippen LogP contribution in [0.3, 0.4) is 0 Å². The lowest BCUT2D eigenvalue weighted by Gasteiger charge is -2.35. The molecule has 0 aromatic carbocycles. The van der Waals surface area contributed by atoms with E-state index in [-0.39, 0.29) is 0 Å². The predicted octanol–water partition coefficient (Wildman–Crippen LogP) is 17.8. The summed E-state index contributed by atoms with van der Waals surface area (Å²) in [4.78, 5) is 2.32. The Morgan fingerprint density at radius 2 is 0.981 bits per heavy atom. The van der Waals surface area contributed by atoms with Crippen LogP contribution in [0.4, 0.5) is 0 Å². The number of allylic oxidation sites excluding steroid dienone is 2. The van der Waals surface area contributed by atoms with E-state index in [1.165, 1.54) is 230 Å². The van der Waals surface area contributed by atoms with Gasteiger partial charge in [-0.25, -0.2) is 0 Å². The molecule has 53 heavy (non-hydrogen) atoms. The zero-order chi connectivity index (χ0) is 39.3. The molecule has 0 aliphatic rings. The molecule has 0 spiro atoms. The first-order valence-corrected chi connectivity index (χ1v) is 25.0. The summed E-state index contributed by atoms with van der Waals surface area (Å²) < 4.78 is 6.33. The van der Waals surface area contributed by atoms with E-state index < -0.39 is 0 Å². The zero-order valence-corrected chi connectivity index (χ0v) is 39.6. The molecule has 0 aliphatic carbocycles. The lowest BCUT2D eigenvalue weighted by Crippen LogP contribution is -2.29. The first kappa shape index (κ1) is 53.0. The van der Waals surface area contributed by atoms with E-state index in [0.717, 1.165) is 30.6 Å². The number of hydrogen-bond donors (Lipinski definition) is 0. The van der Waals surface area contributed by atoms with Gasteiger partial charge >= 0.3 is 0 Å². The van der Waals surface area contributed by atoms with Crippen molar-refractivity contribution in [1.82, 2.24) is 4.90 Å². The summed E-state index contributed by atoms with van der Waals surface area (Å²) in [5, 5.41) is 0. The molecule has 2 nitrogen and oxygen atoms in total. The summed E-state index contributed by atoms with van der Waals surface area (Å²) in [5.74, 6) is 2.71. The Kier molecular flexibility index (Phi) is 38.8. The fourth-order valence-electron chi connectivity index (χ4n) is 8.25. The molecular weight excluding hydrogens is 757 g/mol. The van der Waals surface area contributed by atoms with Gasteiger partial charge in [0.05, 0.1) is 12.4 Å². The van der Waals surface area contributed by atoms with Gasteiger partial charge in [0, 0.05) is 9.84 Å². The minimum atomic E-state index is 0.419. The maximum atomic E-state index is 5.91. The second-order valence-corrected chi connectivity index (χ2v) is 20.3. The van der Waals surface area contributed by atoms with Crippen LogP contribution in [-0.4, -0.2) is 35.6 Å². The van der Waals surface area contributed by atoms with E-state index in [2.05, 4.69) is 82.4 Å². The second-order valence-electron chi connectivity index (χ2n) is 17.9. The Labute approximate surface area is 349 Å². The number of halogens is 1. The quantitative estimate of drug-likeness (QED) is 0.0199. The Morgan fingerprint density at radius 3 is 1.49 bits per heavy atom. The average Bonchev–Trinajstić information content (AvgIpc) is 3.12. The van der Waals surface area contributed by atoms with Crippen molar-refractivity contribution in [3.8, 4) is 0 Å². The molecule has 0 rings (SSSR count). The first-order valence-electron chi connectivity index (χ1n) is 24.0. The van der Waals surface area contributed by atoms with Crippen molar-refractivity contribution in [1.29, 1.82) is 0 Å². The highest BCUT2D eigenvalue weighted by Crippen LogP contribution is 2.41. The van der Waals surface area contributed by atoms with Crippen molar-refractivity contribution in [3.05, 3.63) is 24.5 Å². The normalized spacial score (nSPS) is 13.5. The first-order chi connectivity index (χ1) is 25.7. The molecule has 0 aromatic rings. The Balaban J connectivity index is 4.78. The van der Waals surface area contributed by atoms with Gasteiger partial charge in [-0.2, -0.15) is 0 Å². The van der Waals surface area contributed by atoms with Gasteiger partial charge in [0.25, 0.3) is 0 Å². The van der Waals surface area contributed by atoms with Gasteiger partial charge < -0.3 is 9.64 Å². The highest BCUT2D eigenvalue weighted by atomic mass is 127. The number of alkyl halides is 1. The summed E-state index contributed by atoms with van der Waals surface area (Å²) in [5.41, 5.74) is 1.53. The number of nitrogens with zero attached hydrogens (tertiary/aromatic N) is 1. The van der Waals surface area contributed by atoms with Crippen molar-refractivity contribution >= 4 is 22.6 Å². The zero-order valence-electron chi connectivity index (χ0n) is 37.5. The van der Waals surface area contributed by atoms with Crippen LogP contribution in [0.25, 0.3) is 0 Å². The molecule has 0 fully saturated rings. The highest BCUT2D eigenvalue weighted by Gasteiger charge is 2.31. The standard InChI is InChI=1S/C50H98INO/c1-9-12-15-18-26-31-39-49(40-32-27-19-16-13-10-2)50(6,51)42-41-48(45-46(4)36-33-34-43-52(7)8)38-30-25-22-20-21-23-28-35-44-53-47(5)37-29-24-17-14-11-3/h48-49H,4-5,9-45H2,1-3,6-8H3. The van der Waals surface area contributed by atoms with E-state index >= 15 is 0 Å². The van der Waals surface area contributed by atoms with Crippen molar-refractivity contribution in [3.63, 3.8) is 0 Å². The Bertz CT molecular complexity index is 774.